The molecule has 0 amide bonds. The highest BCUT2D eigenvalue weighted by Crippen LogP contribution is 2.38. The van der Waals surface area contributed by atoms with Gasteiger partial charge in [-0.3, -0.25) is 4.79 Å². The number of carbonyl (C=O) groups is 2. The van der Waals surface area contributed by atoms with Gasteiger partial charge < -0.3 is 28.4 Å². The molecule has 10 nitrogen and oxygen atoms in total. The molecule has 1 unspecified atom stereocenters. The topological polar surface area (TPSA) is 115 Å². The van der Waals surface area contributed by atoms with E-state index in [1.54, 1.807) is 26.4 Å². The number of rotatable bonds is 19. The average molecular weight is 683 g/mol. The van der Waals surface area contributed by atoms with E-state index in [4.69, 9.17) is 28.4 Å². The number of esters is 2. The van der Waals surface area contributed by atoms with E-state index < -0.39 is 6.10 Å². The van der Waals surface area contributed by atoms with Crippen LogP contribution in [0.4, 0.5) is 0 Å². The Morgan fingerprint density at radius 3 is 2.44 bits per heavy atom. The summed E-state index contributed by atoms with van der Waals surface area (Å²) < 4.78 is 33.9. The molecule has 0 bridgehead atoms. The van der Waals surface area contributed by atoms with Gasteiger partial charge in [0.15, 0.2) is 17.6 Å². The smallest absolute Gasteiger partial charge is 0.347 e. The Morgan fingerprint density at radius 2 is 1.64 bits per heavy atom. The second-order valence-corrected chi connectivity index (χ2v) is 11.9. The number of unbranched alkanes of at least 4 members (excludes halogenated alkanes) is 3. The summed E-state index contributed by atoms with van der Waals surface area (Å²) in [5.41, 5.74) is 5.79. The summed E-state index contributed by atoms with van der Waals surface area (Å²) in [7, 11) is 0. The molecule has 0 spiro atoms. The van der Waals surface area contributed by atoms with Gasteiger partial charge in [-0.15, -0.1) is 0 Å². The quantitative estimate of drug-likeness (QED) is 0.0713. The summed E-state index contributed by atoms with van der Waals surface area (Å²) in [5.74, 6) is 2.21. The summed E-state index contributed by atoms with van der Waals surface area (Å²) in [4.78, 5) is 33.2. The van der Waals surface area contributed by atoms with Gasteiger partial charge in [0.05, 0.1) is 25.5 Å². The Bertz CT molecular complexity index is 1710. The van der Waals surface area contributed by atoms with Gasteiger partial charge in [-0.25, -0.2) is 14.8 Å². The molecule has 0 saturated heterocycles. The summed E-state index contributed by atoms with van der Waals surface area (Å²) in [6.07, 6.45) is 8.45. The van der Waals surface area contributed by atoms with Gasteiger partial charge in [0.2, 0.25) is 6.79 Å². The summed E-state index contributed by atoms with van der Waals surface area (Å²) in [6.45, 7) is 6.89. The Kier molecular flexibility index (Phi) is 13.4. The molecule has 0 N–H and O–H groups in total. The Balaban J connectivity index is 1.18. The molecule has 1 atom stereocenters. The highest BCUT2D eigenvalue weighted by Gasteiger charge is 2.22. The number of fused-ring (bicyclic) bond motifs is 1. The van der Waals surface area contributed by atoms with E-state index in [0.29, 0.717) is 31.8 Å². The van der Waals surface area contributed by atoms with Crippen LogP contribution in [0.1, 0.15) is 70.4 Å². The minimum atomic E-state index is -0.707. The van der Waals surface area contributed by atoms with Crippen LogP contribution < -0.4 is 18.9 Å². The van der Waals surface area contributed by atoms with E-state index in [0.717, 1.165) is 82.9 Å². The van der Waals surface area contributed by atoms with Crippen LogP contribution in [0.25, 0.3) is 22.4 Å². The van der Waals surface area contributed by atoms with Crippen molar-refractivity contribution < 1.29 is 38.0 Å². The molecule has 4 aromatic rings. The van der Waals surface area contributed by atoms with Crippen molar-refractivity contribution in [2.45, 2.75) is 78.2 Å². The lowest BCUT2D eigenvalue weighted by Crippen LogP contribution is -2.29. The first-order valence-electron chi connectivity index (χ1n) is 17.5. The van der Waals surface area contributed by atoms with Crippen LogP contribution in [0, 0.1) is 0 Å². The summed E-state index contributed by atoms with van der Waals surface area (Å²) >= 11 is 0. The van der Waals surface area contributed by atoms with E-state index in [2.05, 4.69) is 22.1 Å². The molecule has 1 aliphatic heterocycles. The van der Waals surface area contributed by atoms with Gasteiger partial charge in [-0.1, -0.05) is 38.0 Å². The van der Waals surface area contributed by atoms with Crippen LogP contribution in [0.3, 0.4) is 0 Å². The third kappa shape index (κ3) is 9.96. The van der Waals surface area contributed by atoms with Gasteiger partial charge in [-0.05, 0) is 111 Å². The number of hydrogen-bond donors (Lipinski definition) is 0. The SMILES string of the molecule is CCOC(=O)CCc1c(CCCCCCOc2cc(-c3ccc4c(c3)OCO4)cc(-c3ccncn3)c2)cccc1OC(CC)C(=O)OCC. The van der Waals surface area contributed by atoms with Crippen LogP contribution in [-0.2, 0) is 31.9 Å². The molecular formula is C40H46N2O8. The lowest BCUT2D eigenvalue weighted by molar-refractivity contribution is -0.151. The number of aromatic nitrogens is 2. The fraction of sp³-hybridized carbons (Fsp3) is 0.400. The van der Waals surface area contributed by atoms with E-state index in [1.807, 2.05) is 55.5 Å². The molecule has 1 aromatic heterocycles. The van der Waals surface area contributed by atoms with E-state index in [-0.39, 0.29) is 31.8 Å². The van der Waals surface area contributed by atoms with Gasteiger partial charge in [0.25, 0.3) is 0 Å². The van der Waals surface area contributed by atoms with Crippen molar-refractivity contribution >= 4 is 11.9 Å². The maximum atomic E-state index is 12.5. The van der Waals surface area contributed by atoms with Crippen molar-refractivity contribution in [1.29, 1.82) is 0 Å². The van der Waals surface area contributed by atoms with Crippen LogP contribution in [0.2, 0.25) is 0 Å². The van der Waals surface area contributed by atoms with Gasteiger partial charge in [0.1, 0.15) is 17.8 Å². The second kappa shape index (κ2) is 18.6. The van der Waals surface area contributed by atoms with Crippen LogP contribution in [-0.4, -0.2) is 54.6 Å². The van der Waals surface area contributed by atoms with Crippen molar-refractivity contribution in [3.63, 3.8) is 0 Å². The highest BCUT2D eigenvalue weighted by atomic mass is 16.7. The van der Waals surface area contributed by atoms with Crippen molar-refractivity contribution in [3.05, 3.63) is 84.3 Å². The number of benzene rings is 3. The zero-order chi connectivity index (χ0) is 35.1. The minimum Gasteiger partial charge on any atom is -0.494 e. The molecule has 5 rings (SSSR count). The number of ether oxygens (including phenoxy) is 6. The zero-order valence-corrected chi connectivity index (χ0v) is 29.2. The molecule has 2 heterocycles. The molecule has 10 heteroatoms. The standard InChI is InChI=1S/C40H46N2O8/c1-4-35(40(44)46-6-3)50-36-14-11-13-28(33(36)16-18-39(43)45-5-2)12-9-7-8-10-21-47-32-23-30(22-31(24-32)34-19-20-41-26-42-34)29-15-17-37-38(25-29)49-27-48-37/h11,13-15,17,19-20,22-26,35H,4-10,12,16,18,21,27H2,1-3H3. The van der Waals surface area contributed by atoms with E-state index in [1.165, 1.54) is 0 Å². The first-order valence-corrected chi connectivity index (χ1v) is 17.5. The van der Waals surface area contributed by atoms with Crippen LogP contribution >= 0.6 is 0 Å². The maximum absolute atomic E-state index is 12.5. The van der Waals surface area contributed by atoms with Crippen LogP contribution in [0.15, 0.2) is 73.2 Å². The highest BCUT2D eigenvalue weighted by molar-refractivity contribution is 5.76. The third-order valence-corrected chi connectivity index (χ3v) is 8.40. The molecule has 0 aliphatic carbocycles. The van der Waals surface area contributed by atoms with Gasteiger partial charge in [-0.2, -0.15) is 0 Å². The van der Waals surface area contributed by atoms with Gasteiger partial charge in [0, 0.05) is 18.2 Å². The molecule has 0 radical (unpaired) electrons. The van der Waals surface area contributed by atoms with Crippen molar-refractivity contribution in [2.24, 2.45) is 0 Å². The number of hydrogen-bond acceptors (Lipinski definition) is 10. The molecule has 1 aliphatic rings. The van der Waals surface area contributed by atoms with Crippen molar-refractivity contribution in [2.75, 3.05) is 26.6 Å². The fourth-order valence-corrected chi connectivity index (χ4v) is 5.88. The fourth-order valence-electron chi connectivity index (χ4n) is 5.88. The Morgan fingerprint density at radius 1 is 0.820 bits per heavy atom. The molecule has 50 heavy (non-hydrogen) atoms. The number of aryl methyl sites for hydroxylation is 1. The summed E-state index contributed by atoms with van der Waals surface area (Å²) in [5, 5.41) is 0. The largest absolute Gasteiger partial charge is 0.494 e. The van der Waals surface area contributed by atoms with Gasteiger partial charge >= 0.3 is 11.9 Å². The molecule has 3 aromatic carbocycles. The van der Waals surface area contributed by atoms with E-state index in [9.17, 15) is 9.59 Å². The normalized spacial score (nSPS) is 12.3. The number of carbonyl (C=O) groups excluding carboxylic acids is 2. The number of nitrogens with zero attached hydrogens (tertiary/aromatic N) is 2. The second-order valence-electron chi connectivity index (χ2n) is 11.9. The summed E-state index contributed by atoms with van der Waals surface area (Å²) in [6, 6.07) is 19.8. The van der Waals surface area contributed by atoms with E-state index >= 15 is 0 Å². The first kappa shape index (κ1) is 36.2. The van der Waals surface area contributed by atoms with Crippen LogP contribution in [0.5, 0.6) is 23.0 Å². The monoisotopic (exact) mass is 682 g/mol. The predicted molar refractivity (Wildman–Crippen MR) is 189 cm³/mol. The predicted octanol–water partition coefficient (Wildman–Crippen LogP) is 7.94. The van der Waals surface area contributed by atoms with Crippen molar-refractivity contribution in [1.82, 2.24) is 9.97 Å². The molecular weight excluding hydrogens is 636 g/mol. The molecule has 264 valence electrons. The lowest BCUT2D eigenvalue weighted by atomic mass is 9.96. The third-order valence-electron chi connectivity index (χ3n) is 8.40. The molecule has 0 saturated carbocycles. The maximum Gasteiger partial charge on any atom is 0.347 e. The minimum absolute atomic E-state index is 0.224. The zero-order valence-electron chi connectivity index (χ0n) is 29.2. The van der Waals surface area contributed by atoms with Crippen molar-refractivity contribution in [3.8, 4) is 45.4 Å². The lowest BCUT2D eigenvalue weighted by Gasteiger charge is -2.20. The average Bonchev–Trinajstić information content (AvgIpc) is 3.62. The Labute approximate surface area is 294 Å². The first-order chi connectivity index (χ1) is 24.5. The Hall–Kier alpha value is -5.12. The molecule has 0 fully saturated rings.